The number of rotatable bonds is 3. The molecule has 6 nitrogen and oxygen atoms in total. The molecular formula is C19H20ClN5O. The van der Waals surface area contributed by atoms with Gasteiger partial charge in [-0.05, 0) is 30.5 Å². The van der Waals surface area contributed by atoms with Crippen LogP contribution in [0.3, 0.4) is 0 Å². The number of nitrogens with one attached hydrogen (secondary N) is 1. The van der Waals surface area contributed by atoms with E-state index in [9.17, 15) is 4.79 Å². The van der Waals surface area contributed by atoms with Gasteiger partial charge in [0.25, 0.3) is 5.56 Å². The van der Waals surface area contributed by atoms with Crippen molar-refractivity contribution in [2.75, 3.05) is 11.4 Å². The lowest BCUT2D eigenvalue weighted by molar-refractivity contribution is 0.658. The summed E-state index contributed by atoms with van der Waals surface area (Å²) >= 11 is 6.15. The van der Waals surface area contributed by atoms with Gasteiger partial charge in [0, 0.05) is 25.2 Å². The van der Waals surface area contributed by atoms with Crippen LogP contribution in [0.2, 0.25) is 5.02 Å². The Morgan fingerprint density at radius 1 is 1.27 bits per heavy atom. The van der Waals surface area contributed by atoms with Crippen LogP contribution in [-0.2, 0) is 19.5 Å². The quantitative estimate of drug-likeness (QED) is 0.771. The van der Waals surface area contributed by atoms with Crippen molar-refractivity contribution >= 4 is 17.3 Å². The first-order chi connectivity index (χ1) is 12.5. The molecule has 4 rings (SSSR count). The topological polar surface area (TPSA) is 66.8 Å². The molecule has 0 unspecified atom stereocenters. The number of anilines is 1. The molecule has 0 bridgehead atoms. The van der Waals surface area contributed by atoms with Crippen LogP contribution in [0.1, 0.15) is 28.1 Å². The zero-order valence-electron chi connectivity index (χ0n) is 14.8. The second-order valence-corrected chi connectivity index (χ2v) is 7.08. The van der Waals surface area contributed by atoms with E-state index >= 15 is 0 Å². The van der Waals surface area contributed by atoms with Gasteiger partial charge in [0.1, 0.15) is 5.02 Å². The smallest absolute Gasteiger partial charge is 0.285 e. The number of fused-ring (bicyclic) bond motifs is 1. The van der Waals surface area contributed by atoms with E-state index in [0.29, 0.717) is 12.2 Å². The van der Waals surface area contributed by atoms with Crippen molar-refractivity contribution in [1.82, 2.24) is 19.7 Å². The average molecular weight is 370 g/mol. The molecule has 0 radical (unpaired) electrons. The van der Waals surface area contributed by atoms with E-state index in [-0.39, 0.29) is 10.6 Å². The van der Waals surface area contributed by atoms with Gasteiger partial charge in [-0.15, -0.1) is 0 Å². The number of aromatic amines is 1. The highest BCUT2D eigenvalue weighted by Crippen LogP contribution is 2.27. The molecule has 3 aromatic rings. The maximum absolute atomic E-state index is 11.7. The Bertz CT molecular complexity index is 1000. The summed E-state index contributed by atoms with van der Waals surface area (Å²) in [7, 11) is 0. The van der Waals surface area contributed by atoms with Crippen LogP contribution in [0, 0.1) is 13.8 Å². The first kappa shape index (κ1) is 16.8. The van der Waals surface area contributed by atoms with Gasteiger partial charge < -0.3 is 9.47 Å². The fourth-order valence-electron chi connectivity index (χ4n) is 3.58. The van der Waals surface area contributed by atoms with Gasteiger partial charge in [-0.2, -0.15) is 5.10 Å². The third-order valence-corrected chi connectivity index (χ3v) is 5.45. The number of benzene rings is 1. The fraction of sp³-hybridized carbons (Fsp3) is 0.316. The molecule has 1 aliphatic rings. The maximum Gasteiger partial charge on any atom is 0.285 e. The zero-order chi connectivity index (χ0) is 18.3. The Kier molecular flexibility index (Phi) is 4.28. The molecule has 134 valence electrons. The van der Waals surface area contributed by atoms with Crippen LogP contribution in [-0.4, -0.2) is 26.3 Å². The summed E-state index contributed by atoms with van der Waals surface area (Å²) in [5.74, 6) is 0. The largest absolute Gasteiger partial charge is 0.362 e. The summed E-state index contributed by atoms with van der Waals surface area (Å²) in [5.41, 5.74) is 6.51. The maximum atomic E-state index is 11.7. The highest BCUT2D eigenvalue weighted by molar-refractivity contribution is 6.32. The average Bonchev–Trinajstić information content (AvgIpc) is 3.03. The number of hydrogen-bond acceptors (Lipinski definition) is 4. The lowest BCUT2D eigenvalue weighted by atomic mass is 10.0. The first-order valence-electron chi connectivity index (χ1n) is 8.60. The minimum atomic E-state index is -0.365. The van der Waals surface area contributed by atoms with Gasteiger partial charge in [-0.1, -0.05) is 29.8 Å². The van der Waals surface area contributed by atoms with Gasteiger partial charge in [-0.25, -0.2) is 10.1 Å². The Labute approximate surface area is 156 Å². The number of hydrogen-bond donors (Lipinski definition) is 1. The van der Waals surface area contributed by atoms with Crippen LogP contribution in [0.15, 0.2) is 35.5 Å². The summed E-state index contributed by atoms with van der Waals surface area (Å²) in [6.45, 7) is 6.52. The first-order valence-corrected chi connectivity index (χ1v) is 8.98. The molecule has 3 heterocycles. The Morgan fingerprint density at radius 3 is 2.81 bits per heavy atom. The van der Waals surface area contributed by atoms with Gasteiger partial charge in [0.05, 0.1) is 30.5 Å². The van der Waals surface area contributed by atoms with Crippen LogP contribution in [0.25, 0.3) is 0 Å². The SMILES string of the molecule is Cc1cccc(C)c1Cn1cnc2c1CCN(c1cn[nH]c(=O)c1Cl)C2. The molecule has 0 atom stereocenters. The third kappa shape index (κ3) is 2.90. The highest BCUT2D eigenvalue weighted by Gasteiger charge is 2.23. The van der Waals surface area contributed by atoms with E-state index in [2.05, 4.69) is 56.7 Å². The fourth-order valence-corrected chi connectivity index (χ4v) is 3.79. The van der Waals surface area contributed by atoms with Crippen LogP contribution in [0.4, 0.5) is 5.69 Å². The molecule has 26 heavy (non-hydrogen) atoms. The van der Waals surface area contributed by atoms with Crippen molar-refractivity contribution in [2.24, 2.45) is 0 Å². The molecule has 0 saturated heterocycles. The highest BCUT2D eigenvalue weighted by atomic mass is 35.5. The summed E-state index contributed by atoms with van der Waals surface area (Å²) in [4.78, 5) is 18.4. The molecule has 0 spiro atoms. The van der Waals surface area contributed by atoms with E-state index in [0.717, 1.165) is 25.2 Å². The van der Waals surface area contributed by atoms with Crippen molar-refractivity contribution in [1.29, 1.82) is 0 Å². The third-order valence-electron chi connectivity index (χ3n) is 5.08. The number of nitrogens with zero attached hydrogens (tertiary/aromatic N) is 4. The summed E-state index contributed by atoms with van der Waals surface area (Å²) in [6, 6.07) is 6.39. The summed E-state index contributed by atoms with van der Waals surface area (Å²) < 4.78 is 2.24. The molecule has 0 amide bonds. The molecule has 1 N–H and O–H groups in total. The van der Waals surface area contributed by atoms with E-state index in [1.165, 1.54) is 22.4 Å². The Morgan fingerprint density at radius 2 is 2.04 bits per heavy atom. The summed E-state index contributed by atoms with van der Waals surface area (Å²) in [5, 5.41) is 6.40. The summed E-state index contributed by atoms with van der Waals surface area (Å²) in [6.07, 6.45) is 4.36. The molecule has 0 fully saturated rings. The minimum Gasteiger partial charge on any atom is -0.362 e. The van der Waals surface area contributed by atoms with Crippen LogP contribution >= 0.6 is 11.6 Å². The van der Waals surface area contributed by atoms with Gasteiger partial charge in [0.15, 0.2) is 0 Å². The molecule has 2 aromatic heterocycles. The lowest BCUT2D eigenvalue weighted by Crippen LogP contribution is -2.32. The molecular weight excluding hydrogens is 350 g/mol. The Balaban J connectivity index is 1.61. The van der Waals surface area contributed by atoms with Crippen molar-refractivity contribution in [3.8, 4) is 0 Å². The van der Waals surface area contributed by atoms with Crippen LogP contribution < -0.4 is 10.5 Å². The zero-order valence-corrected chi connectivity index (χ0v) is 15.5. The standard InChI is InChI=1S/C19H20ClN5O/c1-12-4-3-5-13(2)14(12)9-25-11-21-15-10-24(7-6-16(15)25)17-8-22-23-19(26)18(17)20/h3-5,8,11H,6-7,9-10H2,1-2H3,(H,23,26). The van der Waals surface area contributed by atoms with Gasteiger partial charge >= 0.3 is 0 Å². The van der Waals surface area contributed by atoms with Crippen molar-refractivity contribution in [3.05, 3.63) is 74.2 Å². The second-order valence-electron chi connectivity index (χ2n) is 6.71. The van der Waals surface area contributed by atoms with Crippen molar-refractivity contribution in [2.45, 2.75) is 33.4 Å². The predicted molar refractivity (Wildman–Crippen MR) is 102 cm³/mol. The van der Waals surface area contributed by atoms with Crippen LogP contribution in [0.5, 0.6) is 0 Å². The molecule has 0 saturated carbocycles. The van der Waals surface area contributed by atoms with Crippen molar-refractivity contribution in [3.63, 3.8) is 0 Å². The van der Waals surface area contributed by atoms with Crippen molar-refractivity contribution < 1.29 is 0 Å². The van der Waals surface area contributed by atoms with E-state index in [1.807, 2.05) is 6.33 Å². The lowest BCUT2D eigenvalue weighted by Gasteiger charge is -2.29. The van der Waals surface area contributed by atoms with Gasteiger partial charge in [-0.3, -0.25) is 4.79 Å². The van der Waals surface area contributed by atoms with E-state index in [4.69, 9.17) is 11.6 Å². The second kappa shape index (κ2) is 6.61. The number of aromatic nitrogens is 4. The van der Waals surface area contributed by atoms with E-state index in [1.54, 1.807) is 6.20 Å². The predicted octanol–water partition coefficient (Wildman–Crippen LogP) is 2.85. The normalized spacial score (nSPS) is 13.7. The molecule has 1 aliphatic heterocycles. The molecule has 1 aromatic carbocycles. The monoisotopic (exact) mass is 369 g/mol. The number of aryl methyl sites for hydroxylation is 2. The number of imidazole rings is 1. The Hall–Kier alpha value is -2.60. The minimum absolute atomic E-state index is 0.179. The molecule has 0 aliphatic carbocycles. The number of H-pyrrole nitrogens is 1. The number of halogens is 1. The molecule has 7 heteroatoms. The van der Waals surface area contributed by atoms with Gasteiger partial charge in [0.2, 0.25) is 0 Å². The van der Waals surface area contributed by atoms with E-state index < -0.39 is 0 Å².